The lowest BCUT2D eigenvalue weighted by Gasteiger charge is -2.38. The molecule has 144 valence electrons. The number of Topliss-reactive ketones (excluding diaryl/α,β-unsaturated/α-hetero) is 2. The number of benzene rings is 1. The van der Waals surface area contributed by atoms with E-state index < -0.39 is 11.3 Å². The topological polar surface area (TPSA) is 52.6 Å². The third kappa shape index (κ3) is 2.32. The fourth-order valence-corrected chi connectivity index (χ4v) is 6.29. The van der Waals surface area contributed by atoms with E-state index in [4.69, 9.17) is 9.47 Å². The summed E-state index contributed by atoms with van der Waals surface area (Å²) in [4.78, 5) is 26.5. The van der Waals surface area contributed by atoms with Gasteiger partial charge in [-0.05, 0) is 48.2 Å². The first-order valence-corrected chi connectivity index (χ1v) is 9.82. The third-order valence-corrected chi connectivity index (χ3v) is 7.39. The van der Waals surface area contributed by atoms with Gasteiger partial charge in [-0.15, -0.1) is 0 Å². The molecule has 1 spiro atoms. The van der Waals surface area contributed by atoms with Crippen LogP contribution in [0.4, 0.5) is 0 Å². The highest BCUT2D eigenvalue weighted by Crippen LogP contribution is 2.70. The summed E-state index contributed by atoms with van der Waals surface area (Å²) in [6.07, 6.45) is 1.90. The molecule has 4 atom stereocenters. The fourth-order valence-electron chi connectivity index (χ4n) is 6.29. The smallest absolute Gasteiger partial charge is 0.208 e. The van der Waals surface area contributed by atoms with E-state index in [-0.39, 0.29) is 28.8 Å². The molecule has 1 aromatic carbocycles. The molecule has 3 aliphatic carbocycles. The lowest BCUT2D eigenvalue weighted by molar-refractivity contribution is -0.140. The van der Waals surface area contributed by atoms with E-state index in [9.17, 15) is 9.59 Å². The quantitative estimate of drug-likeness (QED) is 0.739. The lowest BCUT2D eigenvalue weighted by atomic mass is 9.64. The standard InChI is InChI=1S/C23H28O4/c1-14-20(26-4)19(24)18-21(25)23(14)16(10-11-17(23)22(18,2)3)13-27-12-15-8-6-5-7-9-15/h5-9,16-18H,10-13H2,1-4H3/t16-,17?,18-,23+/m0/s1. The summed E-state index contributed by atoms with van der Waals surface area (Å²) in [6, 6.07) is 10.1. The number of allylic oxidation sites excluding steroid dienone is 2. The van der Waals surface area contributed by atoms with Crippen LogP contribution in [-0.2, 0) is 25.7 Å². The number of carbonyl (C=O) groups excluding carboxylic acids is 2. The minimum absolute atomic E-state index is 0.0984. The van der Waals surface area contributed by atoms with Crippen LogP contribution in [0.5, 0.6) is 0 Å². The van der Waals surface area contributed by atoms with E-state index in [2.05, 4.69) is 13.8 Å². The molecule has 2 fully saturated rings. The van der Waals surface area contributed by atoms with Gasteiger partial charge in [-0.1, -0.05) is 44.2 Å². The number of hydrogen-bond acceptors (Lipinski definition) is 4. The van der Waals surface area contributed by atoms with E-state index in [1.54, 1.807) is 7.11 Å². The predicted octanol–water partition coefficient (Wildman–Crippen LogP) is 3.94. The van der Waals surface area contributed by atoms with Gasteiger partial charge < -0.3 is 9.47 Å². The highest BCUT2D eigenvalue weighted by Gasteiger charge is 2.74. The molecular weight excluding hydrogens is 340 g/mol. The van der Waals surface area contributed by atoms with E-state index in [0.29, 0.717) is 19.0 Å². The summed E-state index contributed by atoms with van der Waals surface area (Å²) < 4.78 is 11.6. The van der Waals surface area contributed by atoms with Crippen LogP contribution in [0.2, 0.25) is 0 Å². The number of ether oxygens (including phenoxy) is 2. The molecule has 1 unspecified atom stereocenters. The molecule has 0 amide bonds. The Morgan fingerprint density at radius 1 is 1.11 bits per heavy atom. The van der Waals surface area contributed by atoms with Crippen LogP contribution in [0.1, 0.15) is 39.2 Å². The monoisotopic (exact) mass is 368 g/mol. The summed E-state index contributed by atoms with van der Waals surface area (Å²) in [5.41, 5.74) is 1.01. The van der Waals surface area contributed by atoms with E-state index >= 15 is 0 Å². The molecule has 0 N–H and O–H groups in total. The Hall–Kier alpha value is -1.94. The maximum absolute atomic E-state index is 13.6. The highest BCUT2D eigenvalue weighted by molar-refractivity contribution is 6.18. The lowest BCUT2D eigenvalue weighted by Crippen LogP contribution is -2.45. The highest BCUT2D eigenvalue weighted by atomic mass is 16.5. The molecule has 2 saturated carbocycles. The van der Waals surface area contributed by atoms with Crippen LogP contribution in [0.25, 0.3) is 0 Å². The Morgan fingerprint density at radius 3 is 2.48 bits per heavy atom. The van der Waals surface area contributed by atoms with Gasteiger partial charge in [-0.25, -0.2) is 0 Å². The van der Waals surface area contributed by atoms with Crippen LogP contribution >= 0.6 is 0 Å². The number of rotatable bonds is 5. The van der Waals surface area contributed by atoms with Crippen molar-refractivity contribution in [3.05, 3.63) is 47.2 Å². The normalized spacial score (nSPS) is 34.1. The van der Waals surface area contributed by atoms with Crippen molar-refractivity contribution in [1.29, 1.82) is 0 Å². The van der Waals surface area contributed by atoms with E-state index in [0.717, 1.165) is 24.0 Å². The van der Waals surface area contributed by atoms with Gasteiger partial charge in [0.05, 0.1) is 31.7 Å². The number of hydrogen-bond donors (Lipinski definition) is 0. The molecule has 0 aliphatic heterocycles. The maximum Gasteiger partial charge on any atom is 0.208 e. The SMILES string of the molecule is COC1=C(C)[C@]23C(=O)[C@H](C1=O)C(C)(C)C2CC[C@H]3COCc1ccccc1. The van der Waals surface area contributed by atoms with Gasteiger partial charge in [-0.2, -0.15) is 0 Å². The Morgan fingerprint density at radius 2 is 1.81 bits per heavy atom. The number of carbonyl (C=O) groups is 2. The molecule has 27 heavy (non-hydrogen) atoms. The van der Waals surface area contributed by atoms with Gasteiger partial charge in [0.1, 0.15) is 0 Å². The molecular formula is C23H28O4. The Labute approximate surface area is 160 Å². The first-order valence-electron chi connectivity index (χ1n) is 9.82. The average molecular weight is 368 g/mol. The van der Waals surface area contributed by atoms with Crippen molar-refractivity contribution in [2.75, 3.05) is 13.7 Å². The molecule has 4 heteroatoms. The molecule has 1 aromatic rings. The third-order valence-electron chi connectivity index (χ3n) is 7.39. The molecule has 4 rings (SSSR count). The number of fused-ring (bicyclic) bond motifs is 1. The molecule has 0 aromatic heterocycles. The Balaban J connectivity index is 1.67. The van der Waals surface area contributed by atoms with Crippen molar-refractivity contribution in [2.45, 2.75) is 40.2 Å². The van der Waals surface area contributed by atoms with Gasteiger partial charge in [0, 0.05) is 0 Å². The predicted molar refractivity (Wildman–Crippen MR) is 102 cm³/mol. The minimum Gasteiger partial charge on any atom is -0.493 e. The second kappa shape index (κ2) is 6.30. The van der Waals surface area contributed by atoms with Gasteiger partial charge in [0.25, 0.3) is 0 Å². The summed E-state index contributed by atoms with van der Waals surface area (Å²) in [5, 5.41) is 0. The maximum atomic E-state index is 13.6. The fraction of sp³-hybridized carbons (Fsp3) is 0.565. The van der Waals surface area contributed by atoms with Gasteiger partial charge in [-0.3, -0.25) is 9.59 Å². The van der Waals surface area contributed by atoms with Gasteiger partial charge >= 0.3 is 0 Å². The summed E-state index contributed by atoms with van der Waals surface area (Å²) >= 11 is 0. The van der Waals surface area contributed by atoms with Crippen molar-refractivity contribution < 1.29 is 19.1 Å². The first-order chi connectivity index (χ1) is 12.9. The van der Waals surface area contributed by atoms with Crippen molar-refractivity contribution in [3.8, 4) is 0 Å². The van der Waals surface area contributed by atoms with Crippen LogP contribution < -0.4 is 0 Å². The van der Waals surface area contributed by atoms with Gasteiger partial charge in [0.2, 0.25) is 5.78 Å². The van der Waals surface area contributed by atoms with Crippen LogP contribution in [-0.4, -0.2) is 25.3 Å². The molecule has 0 radical (unpaired) electrons. The molecule has 0 heterocycles. The second-order valence-corrected chi connectivity index (χ2v) is 8.84. The summed E-state index contributed by atoms with van der Waals surface area (Å²) in [5.74, 6) is 0.0643. The Kier molecular flexibility index (Phi) is 4.30. The second-order valence-electron chi connectivity index (χ2n) is 8.84. The Bertz CT molecular complexity index is 807. The number of ketones is 2. The van der Waals surface area contributed by atoms with Crippen molar-refractivity contribution >= 4 is 11.6 Å². The molecule has 3 aliphatic rings. The van der Waals surface area contributed by atoms with Crippen LogP contribution in [0, 0.1) is 28.6 Å². The summed E-state index contributed by atoms with van der Waals surface area (Å²) in [7, 11) is 1.54. The van der Waals surface area contributed by atoms with Gasteiger partial charge in [0.15, 0.2) is 11.5 Å². The average Bonchev–Trinajstić information content (AvgIpc) is 3.08. The number of methoxy groups -OCH3 is 1. The molecule has 0 saturated heterocycles. The summed E-state index contributed by atoms with van der Waals surface area (Å²) in [6.45, 7) is 7.16. The van der Waals surface area contributed by atoms with E-state index in [1.165, 1.54) is 0 Å². The van der Waals surface area contributed by atoms with Crippen molar-refractivity contribution in [3.63, 3.8) is 0 Å². The zero-order valence-electron chi connectivity index (χ0n) is 16.6. The van der Waals surface area contributed by atoms with Crippen molar-refractivity contribution in [1.82, 2.24) is 0 Å². The zero-order chi connectivity index (χ0) is 19.4. The first kappa shape index (κ1) is 18.4. The van der Waals surface area contributed by atoms with Crippen molar-refractivity contribution in [2.24, 2.45) is 28.6 Å². The van der Waals surface area contributed by atoms with Crippen LogP contribution in [0.15, 0.2) is 41.7 Å². The largest absolute Gasteiger partial charge is 0.493 e. The zero-order valence-corrected chi connectivity index (χ0v) is 16.6. The van der Waals surface area contributed by atoms with E-state index in [1.807, 2.05) is 37.3 Å². The molecule has 4 nitrogen and oxygen atoms in total. The minimum atomic E-state index is -0.607. The molecule has 2 bridgehead atoms. The van der Waals surface area contributed by atoms with Crippen LogP contribution in [0.3, 0.4) is 0 Å².